The van der Waals surface area contributed by atoms with Crippen molar-refractivity contribution < 1.29 is 9.69 Å². The Kier molecular flexibility index (Phi) is 5.40. The highest BCUT2D eigenvalue weighted by Crippen LogP contribution is 2.24. The Morgan fingerprint density at radius 1 is 1.39 bits per heavy atom. The first-order chi connectivity index (χ1) is 8.74. The molecule has 7 heteroatoms. The summed E-state index contributed by atoms with van der Waals surface area (Å²) in [5.74, 6) is 0.977. The monoisotopic (exact) mass is 287 g/mol. The van der Waals surface area contributed by atoms with E-state index in [1.807, 2.05) is 0 Å². The van der Waals surface area contributed by atoms with Crippen LogP contribution in [0.5, 0.6) is 0 Å². The van der Waals surface area contributed by atoms with E-state index in [9.17, 15) is 4.79 Å². The molecule has 1 aliphatic rings. The van der Waals surface area contributed by atoms with Crippen LogP contribution in [0.25, 0.3) is 0 Å². The molecule has 100 valence electrons. The van der Waals surface area contributed by atoms with Gasteiger partial charge >= 0.3 is 0 Å². The molecule has 0 spiro atoms. The minimum Gasteiger partial charge on any atom is -0.334 e. The summed E-state index contributed by atoms with van der Waals surface area (Å²) < 4.78 is 0.940. The molecule has 0 atom stereocenters. The van der Waals surface area contributed by atoms with Crippen LogP contribution in [-0.4, -0.2) is 41.5 Å². The Morgan fingerprint density at radius 2 is 2.17 bits per heavy atom. The molecule has 1 fully saturated rings. The molecular formula is C11H19N4OS2+. The first-order valence-electron chi connectivity index (χ1n) is 6.31. The lowest BCUT2D eigenvalue weighted by atomic mass is 10.1. The van der Waals surface area contributed by atoms with Gasteiger partial charge in [-0.2, -0.15) is 0 Å². The van der Waals surface area contributed by atoms with E-state index in [2.05, 4.69) is 15.5 Å². The fraction of sp³-hybridized carbons (Fsp3) is 0.727. The van der Waals surface area contributed by atoms with Gasteiger partial charge in [0.2, 0.25) is 11.0 Å². The molecule has 2 heterocycles. The van der Waals surface area contributed by atoms with Crippen LogP contribution in [0.2, 0.25) is 0 Å². The summed E-state index contributed by atoms with van der Waals surface area (Å²) in [6.07, 6.45) is 4.13. The largest absolute Gasteiger partial charge is 0.334 e. The van der Waals surface area contributed by atoms with Gasteiger partial charge in [0.05, 0.1) is 19.6 Å². The number of hydrogen-bond acceptors (Lipinski definition) is 5. The van der Waals surface area contributed by atoms with Gasteiger partial charge in [-0.05, 0) is 19.3 Å². The van der Waals surface area contributed by atoms with Crippen LogP contribution in [0.3, 0.4) is 0 Å². The number of carbonyl (C=O) groups excluding carboxylic acids is 1. The molecule has 0 bridgehead atoms. The number of rotatable bonds is 5. The summed E-state index contributed by atoms with van der Waals surface area (Å²) in [5.41, 5.74) is 0. The molecule has 1 aliphatic heterocycles. The van der Waals surface area contributed by atoms with Gasteiger partial charge in [0.1, 0.15) is 0 Å². The maximum Gasteiger partial charge on any atom is 0.223 e. The van der Waals surface area contributed by atoms with E-state index in [1.54, 1.807) is 16.7 Å². The third kappa shape index (κ3) is 4.55. The standard InChI is InChI=1S/C11H18N4OS2/c1-9(16)12-10-13-14-11(18-10)17-8-7-15-5-3-2-4-6-15/h2-8H2,1H3,(H,12,13,16)/p+1. The Hall–Kier alpha value is -0.660. The van der Waals surface area contributed by atoms with Crippen LogP contribution in [0, 0.1) is 0 Å². The molecule has 0 unspecified atom stereocenters. The minimum atomic E-state index is -0.0968. The van der Waals surface area contributed by atoms with Crippen molar-refractivity contribution in [2.45, 2.75) is 30.5 Å². The SMILES string of the molecule is CC(=O)Nc1nnc(SCC[NH+]2CCCCC2)s1. The molecule has 0 aliphatic carbocycles. The van der Waals surface area contributed by atoms with Crippen LogP contribution in [0.4, 0.5) is 5.13 Å². The van der Waals surface area contributed by atoms with Crippen molar-refractivity contribution in [3.05, 3.63) is 0 Å². The first-order valence-corrected chi connectivity index (χ1v) is 8.12. The fourth-order valence-electron chi connectivity index (χ4n) is 2.05. The number of hydrogen-bond donors (Lipinski definition) is 2. The molecule has 0 aromatic carbocycles. The van der Waals surface area contributed by atoms with Crippen molar-refractivity contribution in [2.24, 2.45) is 0 Å². The van der Waals surface area contributed by atoms with Gasteiger partial charge in [0.25, 0.3) is 0 Å². The number of thioether (sulfide) groups is 1. The number of piperidine rings is 1. The molecule has 2 N–H and O–H groups in total. The number of nitrogens with zero attached hydrogens (tertiary/aromatic N) is 2. The third-order valence-electron chi connectivity index (χ3n) is 2.93. The van der Waals surface area contributed by atoms with Gasteiger partial charge in [0, 0.05) is 12.7 Å². The van der Waals surface area contributed by atoms with Gasteiger partial charge in [-0.1, -0.05) is 23.1 Å². The van der Waals surface area contributed by atoms with Crippen molar-refractivity contribution in [3.8, 4) is 0 Å². The summed E-state index contributed by atoms with van der Waals surface area (Å²) in [7, 11) is 0. The predicted molar refractivity (Wildman–Crippen MR) is 74.4 cm³/mol. The topological polar surface area (TPSA) is 59.3 Å². The lowest BCUT2D eigenvalue weighted by Crippen LogP contribution is -3.13. The molecule has 1 aromatic heterocycles. The predicted octanol–water partition coefficient (Wildman–Crippen LogP) is 0.657. The molecular weight excluding hydrogens is 268 g/mol. The molecule has 1 saturated heterocycles. The van der Waals surface area contributed by atoms with E-state index in [-0.39, 0.29) is 5.91 Å². The fourth-order valence-corrected chi connectivity index (χ4v) is 3.96. The van der Waals surface area contributed by atoms with E-state index in [0.717, 1.165) is 10.1 Å². The zero-order valence-corrected chi connectivity index (χ0v) is 12.2. The van der Waals surface area contributed by atoms with E-state index in [4.69, 9.17) is 0 Å². The number of carbonyl (C=O) groups is 1. The number of amides is 1. The Morgan fingerprint density at radius 3 is 2.89 bits per heavy atom. The molecule has 0 saturated carbocycles. The van der Waals surface area contributed by atoms with Crippen molar-refractivity contribution in [1.29, 1.82) is 0 Å². The van der Waals surface area contributed by atoms with Crippen LogP contribution in [0.1, 0.15) is 26.2 Å². The van der Waals surface area contributed by atoms with Gasteiger partial charge in [0.15, 0.2) is 4.34 Å². The number of anilines is 1. The van der Waals surface area contributed by atoms with Crippen LogP contribution in [0.15, 0.2) is 4.34 Å². The average Bonchev–Trinajstić information content (AvgIpc) is 2.77. The van der Waals surface area contributed by atoms with E-state index < -0.39 is 0 Å². The van der Waals surface area contributed by atoms with Crippen molar-refractivity contribution >= 4 is 34.1 Å². The second-order valence-corrected chi connectivity index (χ2v) is 6.78. The van der Waals surface area contributed by atoms with E-state index in [1.165, 1.54) is 57.2 Å². The van der Waals surface area contributed by atoms with Crippen LogP contribution in [-0.2, 0) is 4.79 Å². The molecule has 1 aromatic rings. The summed E-state index contributed by atoms with van der Waals surface area (Å²) >= 11 is 3.18. The van der Waals surface area contributed by atoms with E-state index >= 15 is 0 Å². The molecule has 5 nitrogen and oxygen atoms in total. The third-order valence-corrected chi connectivity index (χ3v) is 4.90. The molecule has 18 heavy (non-hydrogen) atoms. The highest BCUT2D eigenvalue weighted by molar-refractivity contribution is 8.01. The van der Waals surface area contributed by atoms with Gasteiger partial charge in [-0.3, -0.25) is 4.79 Å². The number of nitrogens with one attached hydrogen (secondary N) is 2. The average molecular weight is 287 g/mol. The number of quaternary nitrogens is 1. The van der Waals surface area contributed by atoms with Crippen LogP contribution < -0.4 is 10.2 Å². The first kappa shape index (κ1) is 13.8. The van der Waals surface area contributed by atoms with Crippen molar-refractivity contribution in [1.82, 2.24) is 10.2 Å². The molecule has 0 radical (unpaired) electrons. The summed E-state index contributed by atoms with van der Waals surface area (Å²) in [6.45, 7) is 5.30. The van der Waals surface area contributed by atoms with Gasteiger partial charge in [-0.25, -0.2) is 0 Å². The Bertz CT molecular complexity index is 390. The Labute approximate surface area is 115 Å². The number of likely N-dealkylation sites (tertiary alicyclic amines) is 1. The molecule has 1 amide bonds. The lowest BCUT2D eigenvalue weighted by molar-refractivity contribution is -0.902. The van der Waals surface area contributed by atoms with Crippen molar-refractivity contribution in [2.75, 3.05) is 30.7 Å². The van der Waals surface area contributed by atoms with Gasteiger partial charge in [-0.15, -0.1) is 10.2 Å². The summed E-state index contributed by atoms with van der Waals surface area (Å²) in [4.78, 5) is 12.6. The minimum absolute atomic E-state index is 0.0968. The van der Waals surface area contributed by atoms with E-state index in [0.29, 0.717) is 5.13 Å². The van der Waals surface area contributed by atoms with Crippen molar-refractivity contribution in [3.63, 3.8) is 0 Å². The molecule has 2 rings (SSSR count). The highest BCUT2D eigenvalue weighted by Gasteiger charge is 2.13. The highest BCUT2D eigenvalue weighted by atomic mass is 32.2. The summed E-state index contributed by atoms with van der Waals surface area (Å²) in [5, 5.41) is 11.2. The second-order valence-electron chi connectivity index (χ2n) is 4.46. The van der Waals surface area contributed by atoms with Crippen LogP contribution >= 0.6 is 23.1 Å². The number of aromatic nitrogens is 2. The quantitative estimate of drug-likeness (QED) is 0.617. The maximum absolute atomic E-state index is 10.9. The normalized spacial score (nSPS) is 16.7. The zero-order chi connectivity index (χ0) is 12.8. The lowest BCUT2D eigenvalue weighted by Gasteiger charge is -2.22. The van der Waals surface area contributed by atoms with Gasteiger partial charge < -0.3 is 10.2 Å². The maximum atomic E-state index is 10.9. The Balaban J connectivity index is 1.69. The smallest absolute Gasteiger partial charge is 0.223 e. The summed E-state index contributed by atoms with van der Waals surface area (Å²) in [6, 6.07) is 0. The zero-order valence-electron chi connectivity index (χ0n) is 10.6. The second kappa shape index (κ2) is 7.06.